The minimum atomic E-state index is -3.35. The van der Waals surface area contributed by atoms with Crippen molar-refractivity contribution >= 4 is 15.7 Å². The van der Waals surface area contributed by atoms with Gasteiger partial charge in [-0.15, -0.1) is 0 Å². The minimum Gasteiger partial charge on any atom is -0.387 e. The van der Waals surface area contributed by atoms with Gasteiger partial charge in [0.2, 0.25) is 10.0 Å². The molecule has 0 saturated carbocycles. The lowest BCUT2D eigenvalue weighted by Crippen LogP contribution is -2.44. The number of anilines is 1. The quantitative estimate of drug-likeness (QED) is 0.735. The normalized spacial score (nSPS) is 22.4. The Labute approximate surface area is 183 Å². The SMILES string of the molecule is C[C@@H]1Cc2cc([C@H](O)CN3CCC(O)(c4ccccc4F)CC3)ccc2N1S(C)(=O)=O. The topological polar surface area (TPSA) is 81.1 Å². The van der Waals surface area contributed by atoms with E-state index in [1.165, 1.54) is 16.6 Å². The third-order valence-corrected chi connectivity index (χ3v) is 7.76. The largest absolute Gasteiger partial charge is 0.387 e. The monoisotopic (exact) mass is 448 g/mol. The summed E-state index contributed by atoms with van der Waals surface area (Å²) >= 11 is 0. The first-order valence-corrected chi connectivity index (χ1v) is 12.4. The molecule has 1 fully saturated rings. The number of rotatable bonds is 5. The average Bonchev–Trinajstić information content (AvgIpc) is 3.05. The number of halogens is 1. The van der Waals surface area contributed by atoms with Crippen LogP contribution in [0.4, 0.5) is 10.1 Å². The Morgan fingerprint density at radius 1 is 1.19 bits per heavy atom. The van der Waals surface area contributed by atoms with Crippen LogP contribution in [0.25, 0.3) is 0 Å². The van der Waals surface area contributed by atoms with Gasteiger partial charge in [0.15, 0.2) is 0 Å². The van der Waals surface area contributed by atoms with Crippen LogP contribution in [-0.2, 0) is 22.0 Å². The highest BCUT2D eigenvalue weighted by Crippen LogP contribution is 2.37. The summed E-state index contributed by atoms with van der Waals surface area (Å²) in [6.07, 6.45) is 1.88. The van der Waals surface area contributed by atoms with Crippen molar-refractivity contribution in [2.24, 2.45) is 0 Å². The summed E-state index contributed by atoms with van der Waals surface area (Å²) in [5.41, 5.74) is 1.49. The highest BCUT2D eigenvalue weighted by molar-refractivity contribution is 7.92. The minimum absolute atomic E-state index is 0.143. The molecular weight excluding hydrogens is 419 g/mol. The van der Waals surface area contributed by atoms with E-state index in [0.29, 0.717) is 50.1 Å². The zero-order valence-corrected chi connectivity index (χ0v) is 18.6. The summed E-state index contributed by atoms with van der Waals surface area (Å²) < 4.78 is 39.7. The number of piperidine rings is 1. The van der Waals surface area contributed by atoms with E-state index in [-0.39, 0.29) is 6.04 Å². The number of benzene rings is 2. The predicted octanol–water partition coefficient (Wildman–Crippen LogP) is 2.55. The second-order valence-corrected chi connectivity index (χ2v) is 10.7. The summed E-state index contributed by atoms with van der Waals surface area (Å²) in [5.74, 6) is -0.394. The molecule has 0 amide bonds. The maximum absolute atomic E-state index is 14.1. The highest BCUT2D eigenvalue weighted by atomic mass is 32.2. The molecule has 0 bridgehead atoms. The maximum atomic E-state index is 14.1. The second kappa shape index (κ2) is 8.16. The first-order chi connectivity index (χ1) is 14.6. The molecule has 2 N–H and O–H groups in total. The van der Waals surface area contributed by atoms with E-state index in [9.17, 15) is 23.0 Å². The highest BCUT2D eigenvalue weighted by Gasteiger charge is 2.37. The Hall–Kier alpha value is -2.00. The van der Waals surface area contributed by atoms with Crippen LogP contribution < -0.4 is 4.31 Å². The van der Waals surface area contributed by atoms with Gasteiger partial charge in [0.25, 0.3) is 0 Å². The van der Waals surface area contributed by atoms with Gasteiger partial charge in [0, 0.05) is 31.2 Å². The van der Waals surface area contributed by atoms with E-state index in [1.54, 1.807) is 30.3 Å². The van der Waals surface area contributed by atoms with E-state index in [1.807, 2.05) is 13.0 Å². The molecule has 168 valence electrons. The molecule has 1 saturated heterocycles. The molecule has 2 aliphatic rings. The smallest absolute Gasteiger partial charge is 0.232 e. The lowest BCUT2D eigenvalue weighted by atomic mass is 9.84. The molecule has 31 heavy (non-hydrogen) atoms. The summed E-state index contributed by atoms with van der Waals surface area (Å²) in [5, 5.41) is 21.7. The maximum Gasteiger partial charge on any atom is 0.232 e. The lowest BCUT2D eigenvalue weighted by Gasteiger charge is -2.39. The zero-order valence-electron chi connectivity index (χ0n) is 17.8. The second-order valence-electron chi connectivity index (χ2n) is 8.83. The van der Waals surface area contributed by atoms with Crippen molar-refractivity contribution in [2.45, 2.75) is 43.9 Å². The molecule has 0 aliphatic carbocycles. The summed E-state index contributed by atoms with van der Waals surface area (Å²) in [7, 11) is -3.35. The number of likely N-dealkylation sites (tertiary alicyclic amines) is 1. The molecule has 0 spiro atoms. The summed E-state index contributed by atoms with van der Waals surface area (Å²) in [6.45, 7) is 3.37. The Bertz CT molecular complexity index is 1070. The van der Waals surface area contributed by atoms with Crippen molar-refractivity contribution in [3.05, 3.63) is 65.0 Å². The molecule has 8 heteroatoms. The van der Waals surface area contributed by atoms with E-state index in [4.69, 9.17) is 0 Å². The molecule has 4 rings (SSSR count). The Kier molecular flexibility index (Phi) is 5.85. The van der Waals surface area contributed by atoms with Crippen LogP contribution in [0.5, 0.6) is 0 Å². The molecule has 2 aromatic carbocycles. The van der Waals surface area contributed by atoms with Crippen LogP contribution in [0.3, 0.4) is 0 Å². The fraction of sp³-hybridized carbons (Fsp3) is 0.478. The van der Waals surface area contributed by atoms with Crippen LogP contribution in [0.1, 0.15) is 42.6 Å². The van der Waals surface area contributed by atoms with Crippen LogP contribution in [0.15, 0.2) is 42.5 Å². The Balaban J connectivity index is 1.42. The molecule has 2 aliphatic heterocycles. The number of hydrogen-bond donors (Lipinski definition) is 2. The van der Waals surface area contributed by atoms with Crippen LogP contribution >= 0.6 is 0 Å². The fourth-order valence-corrected chi connectivity index (χ4v) is 6.16. The van der Waals surface area contributed by atoms with Gasteiger partial charge in [0.1, 0.15) is 5.82 Å². The zero-order chi connectivity index (χ0) is 22.4. The van der Waals surface area contributed by atoms with Crippen molar-refractivity contribution in [1.82, 2.24) is 4.90 Å². The molecule has 2 atom stereocenters. The third kappa shape index (κ3) is 4.35. The molecule has 0 unspecified atom stereocenters. The number of aliphatic hydroxyl groups is 2. The standard InChI is InChI=1S/C23H29FN2O4S/c1-16-13-18-14-17(7-8-21(18)26(16)31(2,29)30)22(27)15-25-11-9-23(28,10-12-25)19-5-3-4-6-20(19)24/h3-8,14,16,22,27-28H,9-13,15H2,1-2H3/t16-,22-/m1/s1. The molecule has 2 aromatic rings. The van der Waals surface area contributed by atoms with Crippen LogP contribution in [0, 0.1) is 5.82 Å². The number of nitrogens with zero attached hydrogens (tertiary/aromatic N) is 2. The van der Waals surface area contributed by atoms with Gasteiger partial charge in [-0.1, -0.05) is 30.3 Å². The summed E-state index contributed by atoms with van der Waals surface area (Å²) in [4.78, 5) is 2.07. The van der Waals surface area contributed by atoms with Gasteiger partial charge in [-0.3, -0.25) is 4.31 Å². The number of hydrogen-bond acceptors (Lipinski definition) is 5. The van der Waals surface area contributed by atoms with Crippen molar-refractivity contribution < 1.29 is 23.0 Å². The van der Waals surface area contributed by atoms with E-state index >= 15 is 0 Å². The molecular formula is C23H29FN2O4S. The van der Waals surface area contributed by atoms with Crippen LogP contribution in [-0.4, -0.2) is 55.5 Å². The Morgan fingerprint density at radius 3 is 2.52 bits per heavy atom. The molecule has 0 radical (unpaired) electrons. The van der Waals surface area contributed by atoms with Crippen molar-refractivity contribution in [3.63, 3.8) is 0 Å². The predicted molar refractivity (Wildman–Crippen MR) is 118 cm³/mol. The van der Waals surface area contributed by atoms with E-state index in [2.05, 4.69) is 4.90 Å². The van der Waals surface area contributed by atoms with Gasteiger partial charge >= 0.3 is 0 Å². The fourth-order valence-electron chi connectivity index (χ4n) is 4.90. The number of sulfonamides is 1. The van der Waals surface area contributed by atoms with Gasteiger partial charge in [-0.05, 0) is 49.4 Å². The van der Waals surface area contributed by atoms with Crippen molar-refractivity contribution in [1.29, 1.82) is 0 Å². The van der Waals surface area contributed by atoms with E-state index in [0.717, 1.165) is 11.1 Å². The first-order valence-electron chi connectivity index (χ1n) is 10.6. The molecule has 0 aromatic heterocycles. The summed E-state index contributed by atoms with van der Waals surface area (Å²) in [6, 6.07) is 11.6. The third-order valence-electron chi connectivity index (χ3n) is 6.49. The van der Waals surface area contributed by atoms with Gasteiger partial charge in [-0.2, -0.15) is 0 Å². The van der Waals surface area contributed by atoms with E-state index < -0.39 is 27.5 Å². The van der Waals surface area contributed by atoms with Gasteiger partial charge < -0.3 is 15.1 Å². The Morgan fingerprint density at radius 2 is 1.87 bits per heavy atom. The molecule has 2 heterocycles. The number of aliphatic hydroxyl groups excluding tert-OH is 1. The van der Waals surface area contributed by atoms with Crippen molar-refractivity contribution in [3.8, 4) is 0 Å². The van der Waals surface area contributed by atoms with Gasteiger partial charge in [0.05, 0.1) is 23.6 Å². The van der Waals surface area contributed by atoms with Gasteiger partial charge in [-0.25, -0.2) is 12.8 Å². The van der Waals surface area contributed by atoms with Crippen molar-refractivity contribution in [2.75, 3.05) is 30.2 Å². The molecule has 6 nitrogen and oxygen atoms in total. The lowest BCUT2D eigenvalue weighted by molar-refractivity contribution is -0.0367. The number of fused-ring (bicyclic) bond motifs is 1. The van der Waals surface area contributed by atoms with Crippen LogP contribution in [0.2, 0.25) is 0 Å². The number of β-amino-alcohol motifs (C(OH)–C–C–N with tert-alkyl or cyclic N) is 1. The first kappa shape index (κ1) is 22.2. The average molecular weight is 449 g/mol.